The van der Waals surface area contributed by atoms with Gasteiger partial charge in [-0.15, -0.1) is 0 Å². The van der Waals surface area contributed by atoms with Gasteiger partial charge in [0, 0.05) is 16.7 Å². The van der Waals surface area contributed by atoms with Crippen LogP contribution in [0.3, 0.4) is 0 Å². The molecule has 5 heteroatoms. The van der Waals surface area contributed by atoms with E-state index in [2.05, 4.69) is 0 Å². The minimum atomic E-state index is -1.10. The monoisotopic (exact) mass is 251 g/mol. The summed E-state index contributed by atoms with van der Waals surface area (Å²) in [5.74, 6) is 0.429. The van der Waals surface area contributed by atoms with Crippen molar-refractivity contribution in [1.82, 2.24) is 0 Å². The van der Waals surface area contributed by atoms with Crippen molar-refractivity contribution in [2.75, 3.05) is 5.75 Å². The molecule has 1 aromatic carbocycles. The quantitative estimate of drug-likeness (QED) is 0.897. The lowest BCUT2D eigenvalue weighted by Crippen LogP contribution is -2.22. The van der Waals surface area contributed by atoms with Crippen molar-refractivity contribution < 1.29 is 4.21 Å². The number of rotatable bonds is 3. The first kappa shape index (κ1) is 12.0. The molecule has 0 saturated heterocycles. The van der Waals surface area contributed by atoms with Gasteiger partial charge >= 0.3 is 0 Å². The van der Waals surface area contributed by atoms with Gasteiger partial charge in [-0.3, -0.25) is 4.21 Å². The number of hydrogen-bond donors (Lipinski definition) is 1. The molecule has 0 aromatic heterocycles. The Balaban J connectivity index is 2.86. The van der Waals surface area contributed by atoms with Gasteiger partial charge in [0.1, 0.15) is 0 Å². The van der Waals surface area contributed by atoms with Crippen molar-refractivity contribution in [1.29, 1.82) is 0 Å². The fraction of sp³-hybridized carbons (Fsp3) is 0.333. The molecule has 0 aliphatic heterocycles. The van der Waals surface area contributed by atoms with E-state index in [1.54, 1.807) is 18.2 Å². The zero-order chi connectivity index (χ0) is 10.7. The average Bonchev–Trinajstić information content (AvgIpc) is 2.08. The van der Waals surface area contributed by atoms with E-state index in [4.69, 9.17) is 28.9 Å². The lowest BCUT2D eigenvalue weighted by Gasteiger charge is -2.05. The van der Waals surface area contributed by atoms with Gasteiger partial charge in [-0.25, -0.2) is 0 Å². The number of hydrogen-bond acceptors (Lipinski definition) is 2. The summed E-state index contributed by atoms with van der Waals surface area (Å²) in [4.78, 5) is 0.664. The van der Waals surface area contributed by atoms with Crippen LogP contribution in [0, 0.1) is 0 Å². The molecule has 0 radical (unpaired) electrons. The summed E-state index contributed by atoms with van der Waals surface area (Å²) in [5.41, 5.74) is 5.55. The largest absolute Gasteiger partial charge is 0.327 e. The van der Waals surface area contributed by atoms with Crippen LogP contribution in [0.4, 0.5) is 0 Å². The maximum atomic E-state index is 11.6. The van der Waals surface area contributed by atoms with Gasteiger partial charge in [-0.1, -0.05) is 23.2 Å². The molecule has 2 atom stereocenters. The molecule has 1 aromatic rings. The van der Waals surface area contributed by atoms with Gasteiger partial charge in [-0.2, -0.15) is 0 Å². The Bertz CT molecular complexity index is 355. The van der Waals surface area contributed by atoms with E-state index in [1.807, 2.05) is 6.92 Å². The van der Waals surface area contributed by atoms with E-state index in [0.717, 1.165) is 0 Å². The third-order valence-electron chi connectivity index (χ3n) is 1.57. The maximum Gasteiger partial charge on any atom is 0.0604 e. The van der Waals surface area contributed by atoms with E-state index in [-0.39, 0.29) is 6.04 Å². The molecule has 0 aliphatic rings. The fourth-order valence-corrected chi connectivity index (χ4v) is 2.46. The van der Waals surface area contributed by atoms with E-state index in [9.17, 15) is 4.21 Å². The van der Waals surface area contributed by atoms with Crippen LogP contribution >= 0.6 is 23.2 Å². The van der Waals surface area contributed by atoms with Crippen LogP contribution in [-0.2, 0) is 10.8 Å². The minimum Gasteiger partial charge on any atom is -0.327 e. The lowest BCUT2D eigenvalue weighted by molar-refractivity contribution is 0.676. The number of nitrogens with two attached hydrogens (primary N) is 1. The van der Waals surface area contributed by atoms with Gasteiger partial charge in [0.25, 0.3) is 0 Å². The van der Waals surface area contributed by atoms with Crippen LogP contribution < -0.4 is 5.73 Å². The van der Waals surface area contributed by atoms with E-state index >= 15 is 0 Å². The second kappa shape index (κ2) is 5.12. The van der Waals surface area contributed by atoms with E-state index in [1.165, 1.54) is 0 Å². The Morgan fingerprint density at radius 3 is 2.57 bits per heavy atom. The van der Waals surface area contributed by atoms with Crippen LogP contribution in [0.1, 0.15) is 6.92 Å². The second-order valence-corrected chi connectivity index (χ2v) is 5.38. The summed E-state index contributed by atoms with van der Waals surface area (Å²) < 4.78 is 11.6. The molecule has 0 saturated carbocycles. The van der Waals surface area contributed by atoms with Crippen LogP contribution in [0.5, 0.6) is 0 Å². The van der Waals surface area contributed by atoms with Crippen LogP contribution in [0.15, 0.2) is 23.1 Å². The standard InChI is InChI=1S/C9H11Cl2NOS/c1-6(12)5-14(13)7-2-3-8(10)9(11)4-7/h2-4,6H,5,12H2,1H3. The first-order valence-electron chi connectivity index (χ1n) is 4.09. The smallest absolute Gasteiger partial charge is 0.0604 e. The summed E-state index contributed by atoms with van der Waals surface area (Å²) in [5, 5.41) is 0.885. The van der Waals surface area contributed by atoms with Gasteiger partial charge < -0.3 is 5.73 Å². The Labute approximate surface area is 95.8 Å². The molecule has 0 heterocycles. The van der Waals surface area contributed by atoms with Crippen LogP contribution in [-0.4, -0.2) is 16.0 Å². The average molecular weight is 252 g/mol. The molecule has 2 unspecified atom stereocenters. The number of halogens is 2. The zero-order valence-corrected chi connectivity index (χ0v) is 9.99. The van der Waals surface area contributed by atoms with Crippen molar-refractivity contribution in [2.45, 2.75) is 17.9 Å². The Morgan fingerprint density at radius 1 is 1.43 bits per heavy atom. The summed E-state index contributed by atoms with van der Waals surface area (Å²) in [6, 6.07) is 4.86. The molecule has 78 valence electrons. The molecule has 2 N–H and O–H groups in total. The molecule has 0 amide bonds. The van der Waals surface area contributed by atoms with Crippen molar-refractivity contribution >= 4 is 34.0 Å². The highest BCUT2D eigenvalue weighted by Gasteiger charge is 2.08. The first-order valence-corrected chi connectivity index (χ1v) is 6.17. The molecule has 0 aliphatic carbocycles. The van der Waals surface area contributed by atoms with Crippen LogP contribution in [0.2, 0.25) is 10.0 Å². The molecule has 1 rings (SSSR count). The first-order chi connectivity index (χ1) is 6.50. The maximum absolute atomic E-state index is 11.6. The van der Waals surface area contributed by atoms with Gasteiger partial charge in [0.05, 0.1) is 20.8 Å². The van der Waals surface area contributed by atoms with Crippen LogP contribution in [0.25, 0.3) is 0 Å². The fourth-order valence-electron chi connectivity index (χ4n) is 0.953. The molecular formula is C9H11Cl2NOS. The van der Waals surface area contributed by atoms with Gasteiger partial charge in [-0.05, 0) is 25.1 Å². The van der Waals surface area contributed by atoms with Gasteiger partial charge in [0.2, 0.25) is 0 Å². The number of benzene rings is 1. The van der Waals surface area contributed by atoms with E-state index in [0.29, 0.717) is 20.7 Å². The van der Waals surface area contributed by atoms with Crippen molar-refractivity contribution in [3.05, 3.63) is 28.2 Å². The lowest BCUT2D eigenvalue weighted by atomic mass is 10.4. The summed E-state index contributed by atoms with van der Waals surface area (Å²) in [6.45, 7) is 1.81. The van der Waals surface area contributed by atoms with Crippen molar-refractivity contribution in [3.8, 4) is 0 Å². The Morgan fingerprint density at radius 2 is 2.07 bits per heavy atom. The molecular weight excluding hydrogens is 241 g/mol. The molecule has 0 spiro atoms. The zero-order valence-electron chi connectivity index (χ0n) is 7.67. The highest BCUT2D eigenvalue weighted by molar-refractivity contribution is 7.85. The van der Waals surface area contributed by atoms with Crippen molar-refractivity contribution in [2.24, 2.45) is 5.73 Å². The SMILES string of the molecule is CC(N)CS(=O)c1ccc(Cl)c(Cl)c1. The Kier molecular flexibility index (Phi) is 4.38. The predicted molar refractivity (Wildman–Crippen MR) is 61.4 cm³/mol. The summed E-state index contributed by atoms with van der Waals surface area (Å²) in [7, 11) is -1.10. The third kappa shape index (κ3) is 3.24. The normalized spacial score (nSPS) is 15.1. The molecule has 0 fully saturated rings. The minimum absolute atomic E-state index is 0.0923. The topological polar surface area (TPSA) is 43.1 Å². The predicted octanol–water partition coefficient (Wildman–Crippen LogP) is 2.45. The molecule has 14 heavy (non-hydrogen) atoms. The molecule has 2 nitrogen and oxygen atoms in total. The summed E-state index contributed by atoms with van der Waals surface area (Å²) in [6.07, 6.45) is 0. The van der Waals surface area contributed by atoms with Gasteiger partial charge in [0.15, 0.2) is 0 Å². The van der Waals surface area contributed by atoms with Crippen molar-refractivity contribution in [3.63, 3.8) is 0 Å². The Hall–Kier alpha value is -0.0900. The summed E-state index contributed by atoms with van der Waals surface area (Å²) >= 11 is 11.5. The molecule has 0 bridgehead atoms. The highest BCUT2D eigenvalue weighted by Crippen LogP contribution is 2.24. The van der Waals surface area contributed by atoms with E-state index < -0.39 is 10.8 Å². The third-order valence-corrected chi connectivity index (χ3v) is 3.92. The second-order valence-electron chi connectivity index (χ2n) is 3.07. The highest BCUT2D eigenvalue weighted by atomic mass is 35.5.